The number of carbonyl (C=O) groups is 1. The Labute approximate surface area is 55.7 Å². The average Bonchev–Trinajstić information content (AvgIpc) is 1.88. The van der Waals surface area contributed by atoms with E-state index in [9.17, 15) is 14.7 Å². The van der Waals surface area contributed by atoms with Crippen LogP contribution < -0.4 is 10.7 Å². The molecule has 0 aliphatic rings. The lowest BCUT2D eigenvalue weighted by Gasteiger charge is -1.96. The summed E-state index contributed by atoms with van der Waals surface area (Å²) < 4.78 is 4.22. The molecule has 0 spiro atoms. The molecule has 1 aromatic rings. The van der Waals surface area contributed by atoms with Crippen molar-refractivity contribution in [1.82, 2.24) is 0 Å². The first-order valence-corrected chi connectivity index (χ1v) is 2.51. The smallest absolute Gasteiger partial charge is 0.336 e. The van der Waals surface area contributed by atoms with Crippen LogP contribution in [0.25, 0.3) is 0 Å². The SMILES string of the molecule is O=C([O-])c1cccc(=O)o1. The van der Waals surface area contributed by atoms with E-state index >= 15 is 0 Å². The van der Waals surface area contributed by atoms with Crippen LogP contribution in [0.15, 0.2) is 27.4 Å². The zero-order valence-electron chi connectivity index (χ0n) is 4.87. The fourth-order valence-corrected chi connectivity index (χ4v) is 0.500. The predicted octanol–water partition coefficient (Wildman–Crippen LogP) is -0.997. The number of hydrogen-bond donors (Lipinski definition) is 0. The third kappa shape index (κ3) is 1.22. The Kier molecular flexibility index (Phi) is 1.53. The van der Waals surface area contributed by atoms with E-state index in [0.29, 0.717) is 0 Å². The van der Waals surface area contributed by atoms with Gasteiger partial charge in [-0.3, -0.25) is 0 Å². The van der Waals surface area contributed by atoms with Crippen LogP contribution in [0.4, 0.5) is 0 Å². The van der Waals surface area contributed by atoms with Gasteiger partial charge < -0.3 is 14.3 Å². The van der Waals surface area contributed by atoms with E-state index < -0.39 is 17.4 Å². The van der Waals surface area contributed by atoms with Crippen LogP contribution in [0.5, 0.6) is 0 Å². The molecule has 0 aliphatic carbocycles. The first-order chi connectivity index (χ1) is 4.70. The molecule has 0 aromatic carbocycles. The standard InChI is InChI=1S/C6H4O4/c7-5-3-1-2-4(10-5)6(8)9/h1-3H,(H,8,9)/p-1. The molecule has 4 nitrogen and oxygen atoms in total. The van der Waals surface area contributed by atoms with E-state index in [2.05, 4.69) is 4.42 Å². The summed E-state index contributed by atoms with van der Waals surface area (Å²) in [6, 6.07) is 3.56. The molecule has 4 heteroatoms. The average molecular weight is 139 g/mol. The molecule has 0 bridgehead atoms. The number of carbonyl (C=O) groups excluding carboxylic acids is 1. The molecular weight excluding hydrogens is 136 g/mol. The highest BCUT2D eigenvalue weighted by Gasteiger charge is 1.93. The minimum Gasteiger partial charge on any atom is -0.542 e. The quantitative estimate of drug-likeness (QED) is 0.500. The van der Waals surface area contributed by atoms with E-state index in [1.165, 1.54) is 6.07 Å². The number of hydrogen-bond acceptors (Lipinski definition) is 4. The molecule has 0 amide bonds. The van der Waals surface area contributed by atoms with Crippen molar-refractivity contribution in [1.29, 1.82) is 0 Å². The second-order valence-electron chi connectivity index (χ2n) is 1.60. The van der Waals surface area contributed by atoms with Gasteiger partial charge in [0, 0.05) is 6.07 Å². The van der Waals surface area contributed by atoms with Gasteiger partial charge in [0.05, 0.1) is 0 Å². The van der Waals surface area contributed by atoms with E-state index in [1.54, 1.807) is 0 Å². The minimum atomic E-state index is -1.49. The molecule has 0 N–H and O–H groups in total. The van der Waals surface area contributed by atoms with Crippen LogP contribution in [0.3, 0.4) is 0 Å². The van der Waals surface area contributed by atoms with Gasteiger partial charge in [-0.1, -0.05) is 6.07 Å². The van der Waals surface area contributed by atoms with Crippen LogP contribution in [0.2, 0.25) is 0 Å². The summed E-state index contributed by atoms with van der Waals surface area (Å²) in [5, 5.41) is 10.0. The predicted molar refractivity (Wildman–Crippen MR) is 29.3 cm³/mol. The van der Waals surface area contributed by atoms with Crippen molar-refractivity contribution in [3.8, 4) is 0 Å². The number of carboxylic acids is 1. The molecule has 0 saturated heterocycles. The van der Waals surface area contributed by atoms with Gasteiger partial charge in [-0.15, -0.1) is 0 Å². The van der Waals surface area contributed by atoms with Gasteiger partial charge in [-0.2, -0.15) is 0 Å². The zero-order valence-corrected chi connectivity index (χ0v) is 4.87. The fraction of sp³-hybridized carbons (Fsp3) is 0. The van der Waals surface area contributed by atoms with Crippen molar-refractivity contribution in [2.24, 2.45) is 0 Å². The van der Waals surface area contributed by atoms with E-state index in [0.717, 1.165) is 12.1 Å². The molecule has 0 fully saturated rings. The minimum absolute atomic E-state index is 0.451. The Bertz CT molecular complexity index is 299. The van der Waals surface area contributed by atoms with Gasteiger partial charge >= 0.3 is 5.63 Å². The van der Waals surface area contributed by atoms with Crippen LogP contribution in [0.1, 0.15) is 10.6 Å². The maximum absolute atomic E-state index is 10.3. The Hall–Kier alpha value is -1.58. The normalized spacial score (nSPS) is 9.20. The van der Waals surface area contributed by atoms with Crippen molar-refractivity contribution >= 4 is 5.97 Å². The largest absolute Gasteiger partial charge is 0.542 e. The highest BCUT2D eigenvalue weighted by molar-refractivity contribution is 5.81. The molecule has 52 valence electrons. The summed E-state index contributed by atoms with van der Waals surface area (Å²) in [5.74, 6) is -1.94. The number of aromatic carboxylic acids is 1. The fourth-order valence-electron chi connectivity index (χ4n) is 0.500. The highest BCUT2D eigenvalue weighted by Crippen LogP contribution is 1.89. The van der Waals surface area contributed by atoms with Gasteiger partial charge in [0.1, 0.15) is 5.97 Å². The summed E-state index contributed by atoms with van der Waals surface area (Å²) >= 11 is 0. The molecule has 1 rings (SSSR count). The van der Waals surface area contributed by atoms with Crippen LogP contribution in [-0.2, 0) is 0 Å². The topological polar surface area (TPSA) is 70.3 Å². The van der Waals surface area contributed by atoms with Crippen molar-refractivity contribution in [3.05, 3.63) is 34.4 Å². The Morgan fingerprint density at radius 2 is 2.20 bits per heavy atom. The summed E-state index contributed by atoms with van der Waals surface area (Å²) in [6.45, 7) is 0. The maximum Gasteiger partial charge on any atom is 0.336 e. The van der Waals surface area contributed by atoms with Crippen LogP contribution in [-0.4, -0.2) is 5.97 Å². The monoisotopic (exact) mass is 139 g/mol. The van der Waals surface area contributed by atoms with E-state index in [-0.39, 0.29) is 0 Å². The third-order valence-corrected chi connectivity index (χ3v) is 0.892. The molecule has 10 heavy (non-hydrogen) atoms. The Morgan fingerprint density at radius 3 is 2.60 bits per heavy atom. The van der Waals surface area contributed by atoms with Gasteiger partial charge in [0.15, 0.2) is 5.76 Å². The summed E-state index contributed by atoms with van der Waals surface area (Å²) in [5.41, 5.74) is -0.693. The number of rotatable bonds is 1. The van der Waals surface area contributed by atoms with Crippen molar-refractivity contribution in [2.45, 2.75) is 0 Å². The first kappa shape index (κ1) is 6.54. The third-order valence-electron chi connectivity index (χ3n) is 0.892. The molecule has 1 aromatic heterocycles. The Morgan fingerprint density at radius 1 is 1.50 bits per heavy atom. The second kappa shape index (κ2) is 2.34. The lowest BCUT2D eigenvalue weighted by molar-refractivity contribution is -0.257. The van der Waals surface area contributed by atoms with Gasteiger partial charge in [-0.25, -0.2) is 4.79 Å². The van der Waals surface area contributed by atoms with Gasteiger partial charge in [0.25, 0.3) is 0 Å². The summed E-state index contributed by atoms with van der Waals surface area (Å²) in [7, 11) is 0. The molecule has 0 aliphatic heterocycles. The summed E-state index contributed by atoms with van der Waals surface area (Å²) in [6.07, 6.45) is 0. The molecule has 0 saturated carbocycles. The van der Waals surface area contributed by atoms with Crippen molar-refractivity contribution in [2.75, 3.05) is 0 Å². The van der Waals surface area contributed by atoms with E-state index in [4.69, 9.17) is 0 Å². The highest BCUT2D eigenvalue weighted by atomic mass is 16.4. The van der Waals surface area contributed by atoms with Crippen molar-refractivity contribution in [3.63, 3.8) is 0 Å². The molecule has 0 unspecified atom stereocenters. The molecule has 0 atom stereocenters. The van der Waals surface area contributed by atoms with Crippen molar-refractivity contribution < 1.29 is 14.3 Å². The van der Waals surface area contributed by atoms with Crippen LogP contribution >= 0.6 is 0 Å². The zero-order chi connectivity index (χ0) is 7.56. The molecule has 0 radical (unpaired) electrons. The Balaban J connectivity index is 3.20. The summed E-state index contributed by atoms with van der Waals surface area (Å²) in [4.78, 5) is 20.3. The lowest BCUT2D eigenvalue weighted by Crippen LogP contribution is -2.23. The maximum atomic E-state index is 10.3. The van der Waals surface area contributed by atoms with E-state index in [1.807, 2.05) is 0 Å². The molecular formula is C6H3O4-. The second-order valence-corrected chi connectivity index (χ2v) is 1.60. The van der Waals surface area contributed by atoms with Gasteiger partial charge in [-0.05, 0) is 6.07 Å². The lowest BCUT2D eigenvalue weighted by atomic mass is 10.4. The van der Waals surface area contributed by atoms with Gasteiger partial charge in [0.2, 0.25) is 0 Å². The van der Waals surface area contributed by atoms with Crippen LogP contribution in [0, 0.1) is 0 Å². The first-order valence-electron chi connectivity index (χ1n) is 2.51. The number of carboxylic acid groups (broad SMARTS) is 1. The molecule has 1 heterocycles.